The van der Waals surface area contributed by atoms with Gasteiger partial charge in [0.25, 0.3) is 0 Å². The highest BCUT2D eigenvalue weighted by molar-refractivity contribution is 7.10. The zero-order valence-corrected chi connectivity index (χ0v) is 12.4. The van der Waals surface area contributed by atoms with E-state index in [2.05, 4.69) is 4.98 Å². The normalized spacial score (nSPS) is 12.8. The van der Waals surface area contributed by atoms with Gasteiger partial charge < -0.3 is 0 Å². The van der Waals surface area contributed by atoms with Crippen molar-refractivity contribution in [3.05, 3.63) is 57.8 Å². The van der Waals surface area contributed by atoms with Gasteiger partial charge in [0.1, 0.15) is 10.8 Å². The predicted octanol–water partition coefficient (Wildman–Crippen LogP) is 3.87. The van der Waals surface area contributed by atoms with E-state index in [1.54, 1.807) is 19.1 Å². The molecule has 1 aromatic carbocycles. The second-order valence-corrected chi connectivity index (χ2v) is 5.52. The van der Waals surface area contributed by atoms with Crippen molar-refractivity contribution in [1.29, 1.82) is 5.26 Å². The Morgan fingerprint density at radius 3 is 2.62 bits per heavy atom. The molecule has 2 rings (SSSR count). The first-order valence-corrected chi connectivity index (χ1v) is 7.19. The maximum atomic E-state index is 12.9. The Morgan fingerprint density at radius 2 is 2.10 bits per heavy atom. The van der Waals surface area contributed by atoms with Gasteiger partial charge in [0.2, 0.25) is 0 Å². The Labute approximate surface area is 126 Å². The largest absolute Gasteiger partial charge is 0.293 e. The number of thiazole rings is 1. The fourth-order valence-electron chi connectivity index (χ4n) is 1.84. The van der Waals surface area contributed by atoms with Gasteiger partial charge in [0.05, 0.1) is 6.07 Å². The number of aromatic nitrogens is 1. The summed E-state index contributed by atoms with van der Waals surface area (Å²) in [6, 6.07) is 7.87. The van der Waals surface area contributed by atoms with E-state index < -0.39 is 5.92 Å². The number of halogens is 1. The molecule has 0 aliphatic heterocycles. The van der Waals surface area contributed by atoms with Gasteiger partial charge in [-0.25, -0.2) is 9.37 Å². The van der Waals surface area contributed by atoms with Crippen molar-refractivity contribution < 1.29 is 9.18 Å². The third-order valence-electron chi connectivity index (χ3n) is 2.96. The summed E-state index contributed by atoms with van der Waals surface area (Å²) in [6.07, 6.45) is 1.41. The summed E-state index contributed by atoms with van der Waals surface area (Å²) in [5.41, 5.74) is 2.23. The number of ketones is 1. The highest BCUT2D eigenvalue weighted by Crippen LogP contribution is 2.23. The zero-order chi connectivity index (χ0) is 15.4. The van der Waals surface area contributed by atoms with Crippen LogP contribution in [0.5, 0.6) is 0 Å². The predicted molar refractivity (Wildman–Crippen MR) is 80.3 cm³/mol. The van der Waals surface area contributed by atoms with Crippen LogP contribution in [0.3, 0.4) is 0 Å². The lowest BCUT2D eigenvalue weighted by Gasteiger charge is -2.04. The lowest BCUT2D eigenvalue weighted by atomic mass is 10.0. The van der Waals surface area contributed by atoms with Crippen LogP contribution in [-0.4, -0.2) is 10.8 Å². The molecule has 0 saturated heterocycles. The SMILES string of the molecule is C/C(=C\C(=O)[C@H](C#N)c1nc(C)cs1)c1ccc(F)cc1. The monoisotopic (exact) mass is 300 g/mol. The van der Waals surface area contributed by atoms with Gasteiger partial charge in [0.15, 0.2) is 11.7 Å². The van der Waals surface area contributed by atoms with Gasteiger partial charge in [-0.05, 0) is 43.2 Å². The van der Waals surface area contributed by atoms with Crippen molar-refractivity contribution in [2.75, 3.05) is 0 Å². The summed E-state index contributed by atoms with van der Waals surface area (Å²) >= 11 is 1.30. The standard InChI is InChI=1S/C16H13FN2OS/c1-10(12-3-5-13(17)6-4-12)7-15(20)14(8-18)16-19-11(2)9-21-16/h3-7,9,14H,1-2H3/b10-7+/t14-/m0/s1. The number of rotatable bonds is 4. The summed E-state index contributed by atoms with van der Waals surface area (Å²) in [4.78, 5) is 16.4. The van der Waals surface area contributed by atoms with Crippen LogP contribution >= 0.6 is 11.3 Å². The summed E-state index contributed by atoms with van der Waals surface area (Å²) in [5.74, 6) is -1.53. The molecule has 0 N–H and O–H groups in total. The van der Waals surface area contributed by atoms with Crippen LogP contribution in [0.25, 0.3) is 5.57 Å². The van der Waals surface area contributed by atoms with Crippen molar-refractivity contribution in [3.8, 4) is 6.07 Å². The third kappa shape index (κ3) is 3.61. The van der Waals surface area contributed by atoms with Crippen LogP contribution < -0.4 is 0 Å². The second kappa shape index (κ2) is 6.42. The number of carbonyl (C=O) groups excluding carboxylic acids is 1. The van der Waals surface area contributed by atoms with Gasteiger partial charge in [-0.2, -0.15) is 5.26 Å². The number of benzene rings is 1. The van der Waals surface area contributed by atoms with Gasteiger partial charge in [-0.3, -0.25) is 4.79 Å². The first-order chi connectivity index (χ1) is 10.0. The molecule has 21 heavy (non-hydrogen) atoms. The Hall–Kier alpha value is -2.32. The third-order valence-corrected chi connectivity index (χ3v) is 3.98. The Kier molecular flexibility index (Phi) is 4.61. The minimum atomic E-state index is -0.890. The highest BCUT2D eigenvalue weighted by Gasteiger charge is 2.21. The number of hydrogen-bond acceptors (Lipinski definition) is 4. The zero-order valence-electron chi connectivity index (χ0n) is 11.6. The Balaban J connectivity index is 2.24. The van der Waals surface area contributed by atoms with Crippen molar-refractivity contribution in [2.24, 2.45) is 0 Å². The molecule has 0 bridgehead atoms. The summed E-state index contributed by atoms with van der Waals surface area (Å²) in [7, 11) is 0. The van der Waals surface area contributed by atoms with E-state index in [1.807, 2.05) is 18.4 Å². The fourth-order valence-corrected chi connectivity index (χ4v) is 2.68. The van der Waals surface area contributed by atoms with Gasteiger partial charge in [-0.1, -0.05) is 12.1 Å². The first kappa shape index (κ1) is 15.1. The van der Waals surface area contributed by atoms with Crippen molar-refractivity contribution >= 4 is 22.7 Å². The minimum Gasteiger partial charge on any atom is -0.293 e. The molecule has 1 aromatic heterocycles. The Morgan fingerprint density at radius 1 is 1.43 bits per heavy atom. The average Bonchev–Trinajstić information content (AvgIpc) is 2.86. The molecule has 1 atom stereocenters. The maximum absolute atomic E-state index is 12.9. The summed E-state index contributed by atoms with van der Waals surface area (Å²) in [6.45, 7) is 3.57. The van der Waals surface area contributed by atoms with Gasteiger partial charge in [0, 0.05) is 11.1 Å². The van der Waals surface area contributed by atoms with Crippen LogP contribution in [0, 0.1) is 24.1 Å². The van der Waals surface area contributed by atoms with E-state index in [0.717, 1.165) is 11.3 Å². The minimum absolute atomic E-state index is 0.311. The van der Waals surface area contributed by atoms with Crippen LogP contribution in [0.15, 0.2) is 35.7 Å². The highest BCUT2D eigenvalue weighted by atomic mass is 32.1. The molecule has 0 saturated carbocycles. The molecular weight excluding hydrogens is 287 g/mol. The molecule has 0 unspecified atom stereocenters. The van der Waals surface area contributed by atoms with Crippen LogP contribution in [0.2, 0.25) is 0 Å². The summed E-state index contributed by atoms with van der Waals surface area (Å²) in [5, 5.41) is 11.5. The van der Waals surface area contributed by atoms with E-state index in [1.165, 1.54) is 29.5 Å². The topological polar surface area (TPSA) is 53.8 Å². The Bertz CT molecular complexity index is 725. The molecule has 0 spiro atoms. The molecule has 1 heterocycles. The molecule has 0 amide bonds. The molecule has 0 aliphatic rings. The first-order valence-electron chi connectivity index (χ1n) is 6.31. The second-order valence-electron chi connectivity index (χ2n) is 4.63. The molecule has 2 aromatic rings. The van der Waals surface area contributed by atoms with Crippen molar-refractivity contribution in [3.63, 3.8) is 0 Å². The molecule has 106 valence electrons. The summed E-state index contributed by atoms with van der Waals surface area (Å²) < 4.78 is 12.9. The lowest BCUT2D eigenvalue weighted by molar-refractivity contribution is -0.114. The van der Waals surface area contributed by atoms with Crippen LogP contribution in [-0.2, 0) is 4.79 Å². The molecule has 5 heteroatoms. The average molecular weight is 300 g/mol. The number of allylic oxidation sites excluding steroid dienone is 2. The number of nitrogens with zero attached hydrogens (tertiary/aromatic N) is 2. The molecule has 0 radical (unpaired) electrons. The molecule has 0 aliphatic carbocycles. The van der Waals surface area contributed by atoms with Crippen molar-refractivity contribution in [2.45, 2.75) is 19.8 Å². The van der Waals surface area contributed by atoms with Crippen LogP contribution in [0.4, 0.5) is 4.39 Å². The quantitative estimate of drug-likeness (QED) is 0.805. The number of aryl methyl sites for hydroxylation is 1. The number of nitriles is 1. The number of hydrogen-bond donors (Lipinski definition) is 0. The van der Waals surface area contributed by atoms with E-state index in [0.29, 0.717) is 10.6 Å². The van der Waals surface area contributed by atoms with E-state index in [-0.39, 0.29) is 11.6 Å². The van der Waals surface area contributed by atoms with Crippen LogP contribution in [0.1, 0.15) is 29.1 Å². The lowest BCUT2D eigenvalue weighted by Crippen LogP contribution is -2.08. The van der Waals surface area contributed by atoms with E-state index in [9.17, 15) is 14.4 Å². The molecule has 3 nitrogen and oxygen atoms in total. The number of carbonyl (C=O) groups is 1. The molecule has 0 fully saturated rings. The smallest absolute Gasteiger partial charge is 0.180 e. The van der Waals surface area contributed by atoms with Gasteiger partial charge in [-0.15, -0.1) is 11.3 Å². The maximum Gasteiger partial charge on any atom is 0.180 e. The van der Waals surface area contributed by atoms with E-state index >= 15 is 0 Å². The molecular formula is C16H13FN2OS. The van der Waals surface area contributed by atoms with Gasteiger partial charge >= 0.3 is 0 Å². The van der Waals surface area contributed by atoms with Crippen molar-refractivity contribution in [1.82, 2.24) is 4.98 Å². The van der Waals surface area contributed by atoms with E-state index in [4.69, 9.17) is 0 Å². The fraction of sp³-hybridized carbons (Fsp3) is 0.188.